The van der Waals surface area contributed by atoms with Crippen LogP contribution in [0, 0.1) is 6.92 Å². The number of aryl methyl sites for hydroxylation is 1. The largest absolute Gasteiger partial charge is 0.479 e. The molecule has 88 valence electrons. The summed E-state index contributed by atoms with van der Waals surface area (Å²) in [5, 5.41) is 14.8. The van der Waals surface area contributed by atoms with Gasteiger partial charge in [-0.3, -0.25) is 0 Å². The molecule has 0 bridgehead atoms. The lowest BCUT2D eigenvalue weighted by Gasteiger charge is -2.13. The second-order valence-corrected chi connectivity index (χ2v) is 4.64. The van der Waals surface area contributed by atoms with Gasteiger partial charge in [-0.15, -0.1) is 11.3 Å². The molecule has 17 heavy (non-hydrogen) atoms. The zero-order valence-corrected chi connectivity index (χ0v) is 10.1. The molecule has 1 heterocycles. The van der Waals surface area contributed by atoms with Gasteiger partial charge in [0.25, 0.3) is 0 Å². The molecule has 4 nitrogen and oxygen atoms in total. The van der Waals surface area contributed by atoms with E-state index in [2.05, 4.69) is 10.3 Å². The normalized spacial score (nSPS) is 12.1. The molecule has 1 atom stereocenters. The van der Waals surface area contributed by atoms with E-state index in [1.54, 1.807) is 5.38 Å². The Bertz CT molecular complexity index is 510. The van der Waals surface area contributed by atoms with E-state index in [1.807, 2.05) is 37.3 Å². The fourth-order valence-electron chi connectivity index (χ4n) is 1.48. The molecule has 0 aliphatic heterocycles. The molecule has 0 saturated carbocycles. The maximum Gasteiger partial charge on any atom is 0.332 e. The minimum absolute atomic E-state index is 0.545. The van der Waals surface area contributed by atoms with Crippen molar-refractivity contribution in [3.63, 3.8) is 0 Å². The third-order valence-electron chi connectivity index (χ3n) is 2.26. The third kappa shape index (κ3) is 2.82. The summed E-state index contributed by atoms with van der Waals surface area (Å²) in [5.74, 6) is -0.931. The Morgan fingerprint density at radius 3 is 2.65 bits per heavy atom. The summed E-state index contributed by atoms with van der Waals surface area (Å²) in [6.07, 6.45) is 0. The number of rotatable bonds is 4. The van der Waals surface area contributed by atoms with Crippen molar-refractivity contribution >= 4 is 23.0 Å². The van der Waals surface area contributed by atoms with E-state index in [9.17, 15) is 9.90 Å². The van der Waals surface area contributed by atoms with Crippen LogP contribution < -0.4 is 5.32 Å². The topological polar surface area (TPSA) is 62.2 Å². The molecule has 0 aliphatic carbocycles. The van der Waals surface area contributed by atoms with Crippen LogP contribution in [0.3, 0.4) is 0 Å². The zero-order chi connectivity index (χ0) is 12.3. The summed E-state index contributed by atoms with van der Waals surface area (Å²) in [6.45, 7) is 1.86. The number of carboxylic acids is 1. The van der Waals surface area contributed by atoms with Crippen LogP contribution in [0.1, 0.15) is 16.7 Å². The molecule has 0 fully saturated rings. The fourth-order valence-corrected chi connectivity index (χ4v) is 2.11. The summed E-state index contributed by atoms with van der Waals surface area (Å²) in [5.41, 5.74) is 1.31. The Hall–Kier alpha value is -1.88. The van der Waals surface area contributed by atoms with Crippen molar-refractivity contribution in [1.29, 1.82) is 0 Å². The molecule has 1 aromatic carbocycles. The average molecular weight is 248 g/mol. The standard InChI is InChI=1S/C12H12N2O2S/c1-8-13-10(7-17-8)11(12(15)16)14-9-5-3-2-4-6-9/h2-7,11,14H,1H3,(H,15,16). The third-order valence-corrected chi connectivity index (χ3v) is 3.06. The van der Waals surface area contributed by atoms with E-state index < -0.39 is 12.0 Å². The van der Waals surface area contributed by atoms with Gasteiger partial charge in [-0.25, -0.2) is 9.78 Å². The number of hydrogen-bond acceptors (Lipinski definition) is 4. The van der Waals surface area contributed by atoms with Crippen molar-refractivity contribution < 1.29 is 9.90 Å². The first-order valence-electron chi connectivity index (χ1n) is 5.13. The summed E-state index contributed by atoms with van der Waals surface area (Å²) in [7, 11) is 0. The van der Waals surface area contributed by atoms with E-state index >= 15 is 0 Å². The predicted octanol–water partition coefficient (Wildman–Crippen LogP) is 2.69. The zero-order valence-electron chi connectivity index (χ0n) is 9.25. The van der Waals surface area contributed by atoms with Crippen LogP contribution in [0.4, 0.5) is 5.69 Å². The van der Waals surface area contributed by atoms with E-state index in [-0.39, 0.29) is 0 Å². The van der Waals surface area contributed by atoms with Gasteiger partial charge in [-0.2, -0.15) is 0 Å². The van der Waals surface area contributed by atoms with Crippen molar-refractivity contribution in [2.75, 3.05) is 5.32 Å². The molecule has 0 aliphatic rings. The van der Waals surface area contributed by atoms with Gasteiger partial charge in [0.1, 0.15) is 0 Å². The molecule has 2 N–H and O–H groups in total. The number of aromatic nitrogens is 1. The molecule has 0 spiro atoms. The Morgan fingerprint density at radius 2 is 2.12 bits per heavy atom. The van der Waals surface area contributed by atoms with Gasteiger partial charge in [0.05, 0.1) is 10.7 Å². The van der Waals surface area contributed by atoms with Crippen LogP contribution in [-0.2, 0) is 4.79 Å². The number of para-hydroxylation sites is 1. The SMILES string of the molecule is Cc1nc(C(Nc2ccccc2)C(=O)O)cs1. The lowest BCUT2D eigenvalue weighted by Crippen LogP contribution is -2.20. The minimum atomic E-state index is -0.931. The predicted molar refractivity (Wildman–Crippen MR) is 67.3 cm³/mol. The van der Waals surface area contributed by atoms with E-state index in [4.69, 9.17) is 0 Å². The first kappa shape index (κ1) is 11.6. The van der Waals surface area contributed by atoms with Crippen LogP contribution in [-0.4, -0.2) is 16.1 Å². The molecule has 1 aromatic heterocycles. The fraction of sp³-hybridized carbons (Fsp3) is 0.167. The van der Waals surface area contributed by atoms with Crippen LogP contribution in [0.2, 0.25) is 0 Å². The second-order valence-electron chi connectivity index (χ2n) is 3.57. The van der Waals surface area contributed by atoms with Gasteiger partial charge in [-0.1, -0.05) is 18.2 Å². The van der Waals surface area contributed by atoms with Gasteiger partial charge in [0.2, 0.25) is 0 Å². The molecule has 2 aromatic rings. The quantitative estimate of drug-likeness (QED) is 0.873. The number of carboxylic acid groups (broad SMARTS) is 1. The molecule has 5 heteroatoms. The summed E-state index contributed by atoms with van der Waals surface area (Å²) >= 11 is 1.45. The smallest absolute Gasteiger partial charge is 0.332 e. The molecule has 2 rings (SSSR count). The number of nitrogens with one attached hydrogen (secondary N) is 1. The van der Waals surface area contributed by atoms with E-state index in [1.165, 1.54) is 11.3 Å². The molecule has 0 amide bonds. The van der Waals surface area contributed by atoms with Gasteiger partial charge in [0.15, 0.2) is 6.04 Å². The van der Waals surface area contributed by atoms with Crippen LogP contribution in [0.5, 0.6) is 0 Å². The number of hydrogen-bond donors (Lipinski definition) is 2. The van der Waals surface area contributed by atoms with Crippen molar-refractivity contribution in [3.05, 3.63) is 46.4 Å². The molecular weight excluding hydrogens is 236 g/mol. The van der Waals surface area contributed by atoms with E-state index in [0.717, 1.165) is 10.7 Å². The summed E-state index contributed by atoms with van der Waals surface area (Å²) in [6, 6.07) is 8.45. The molecule has 0 saturated heterocycles. The highest BCUT2D eigenvalue weighted by Gasteiger charge is 2.21. The first-order valence-corrected chi connectivity index (χ1v) is 6.01. The highest BCUT2D eigenvalue weighted by atomic mass is 32.1. The van der Waals surface area contributed by atoms with E-state index in [0.29, 0.717) is 5.69 Å². The van der Waals surface area contributed by atoms with Crippen LogP contribution in [0.25, 0.3) is 0 Å². The van der Waals surface area contributed by atoms with Crippen molar-refractivity contribution in [2.45, 2.75) is 13.0 Å². The minimum Gasteiger partial charge on any atom is -0.479 e. The highest BCUT2D eigenvalue weighted by Crippen LogP contribution is 2.21. The Morgan fingerprint density at radius 1 is 1.41 bits per heavy atom. The Labute approximate surface area is 103 Å². The lowest BCUT2D eigenvalue weighted by molar-refractivity contribution is -0.138. The Balaban J connectivity index is 2.22. The Kier molecular flexibility index (Phi) is 3.39. The van der Waals surface area contributed by atoms with Gasteiger partial charge < -0.3 is 10.4 Å². The number of benzene rings is 1. The highest BCUT2D eigenvalue weighted by molar-refractivity contribution is 7.09. The number of carbonyl (C=O) groups is 1. The first-order chi connectivity index (χ1) is 8.16. The number of aliphatic carboxylic acids is 1. The van der Waals surface area contributed by atoms with Crippen molar-refractivity contribution in [2.24, 2.45) is 0 Å². The monoisotopic (exact) mass is 248 g/mol. The summed E-state index contributed by atoms with van der Waals surface area (Å²) < 4.78 is 0. The lowest BCUT2D eigenvalue weighted by atomic mass is 10.2. The van der Waals surface area contributed by atoms with Crippen LogP contribution >= 0.6 is 11.3 Å². The van der Waals surface area contributed by atoms with Crippen molar-refractivity contribution in [3.8, 4) is 0 Å². The second kappa shape index (κ2) is 4.97. The maximum atomic E-state index is 11.2. The number of anilines is 1. The number of nitrogens with zero attached hydrogens (tertiary/aromatic N) is 1. The number of thiazole rings is 1. The van der Waals surface area contributed by atoms with Gasteiger partial charge in [-0.05, 0) is 19.1 Å². The maximum absolute atomic E-state index is 11.2. The molecular formula is C12H12N2O2S. The molecule has 1 unspecified atom stereocenters. The molecule has 0 radical (unpaired) electrons. The van der Waals surface area contributed by atoms with Gasteiger partial charge >= 0.3 is 5.97 Å². The van der Waals surface area contributed by atoms with Crippen molar-refractivity contribution in [1.82, 2.24) is 4.98 Å². The van der Waals surface area contributed by atoms with Gasteiger partial charge in [0, 0.05) is 11.1 Å². The van der Waals surface area contributed by atoms with Crippen LogP contribution in [0.15, 0.2) is 35.7 Å². The average Bonchev–Trinajstić information content (AvgIpc) is 2.73. The summed E-state index contributed by atoms with van der Waals surface area (Å²) in [4.78, 5) is 15.4.